The fraction of sp³-hybridized carbons (Fsp3) is 0.562. The van der Waals surface area contributed by atoms with Gasteiger partial charge in [-0.2, -0.15) is 0 Å². The Bertz CT molecular complexity index is 529. The van der Waals surface area contributed by atoms with Crippen molar-refractivity contribution in [2.45, 2.75) is 6.54 Å². The highest BCUT2D eigenvalue weighted by molar-refractivity contribution is 5.78. The molecule has 1 amide bonds. The number of hydrogen-bond acceptors (Lipinski definition) is 5. The first kappa shape index (κ1) is 15.1. The number of rotatable bonds is 4. The molecule has 120 valence electrons. The van der Waals surface area contributed by atoms with Gasteiger partial charge >= 0.3 is 0 Å². The van der Waals surface area contributed by atoms with E-state index in [1.54, 1.807) is 0 Å². The van der Waals surface area contributed by atoms with Crippen molar-refractivity contribution in [1.29, 1.82) is 0 Å². The Balaban J connectivity index is 1.54. The number of carbonyl (C=O) groups is 1. The molecule has 0 unspecified atom stereocenters. The van der Waals surface area contributed by atoms with Crippen LogP contribution < -0.4 is 9.47 Å². The van der Waals surface area contributed by atoms with Gasteiger partial charge in [-0.3, -0.25) is 9.69 Å². The van der Waals surface area contributed by atoms with Gasteiger partial charge in [-0.15, -0.1) is 0 Å². The van der Waals surface area contributed by atoms with E-state index >= 15 is 0 Å². The topological polar surface area (TPSA) is 51.2 Å². The van der Waals surface area contributed by atoms with Crippen LogP contribution in [0, 0.1) is 0 Å². The van der Waals surface area contributed by atoms with Crippen LogP contribution in [0.25, 0.3) is 0 Å². The number of benzene rings is 1. The standard InChI is InChI=1S/C16H22N2O4/c1-17(12-16(19)18-4-6-20-7-5-18)11-13-2-3-14-15(10-13)22-9-8-21-14/h2-3,10H,4-9,11-12H2,1H3. The van der Waals surface area contributed by atoms with Crippen molar-refractivity contribution in [3.8, 4) is 11.5 Å². The van der Waals surface area contributed by atoms with E-state index in [2.05, 4.69) is 0 Å². The van der Waals surface area contributed by atoms with Crippen molar-refractivity contribution in [3.05, 3.63) is 23.8 Å². The average Bonchev–Trinajstić information content (AvgIpc) is 2.55. The predicted octanol–water partition coefficient (Wildman–Crippen LogP) is 0.748. The van der Waals surface area contributed by atoms with Crippen molar-refractivity contribution in [3.63, 3.8) is 0 Å². The minimum atomic E-state index is 0.156. The summed E-state index contributed by atoms with van der Waals surface area (Å²) in [6.07, 6.45) is 0. The molecule has 2 aliphatic rings. The van der Waals surface area contributed by atoms with Crippen LogP contribution in [-0.2, 0) is 16.1 Å². The number of nitrogens with zero attached hydrogens (tertiary/aromatic N) is 2. The molecule has 22 heavy (non-hydrogen) atoms. The highest BCUT2D eigenvalue weighted by Gasteiger charge is 2.18. The number of likely N-dealkylation sites (N-methyl/N-ethyl adjacent to an activating group) is 1. The molecule has 6 nitrogen and oxygen atoms in total. The SMILES string of the molecule is CN(CC(=O)N1CCOCC1)Cc1ccc2c(c1)OCCO2. The maximum absolute atomic E-state index is 12.2. The minimum absolute atomic E-state index is 0.156. The number of fused-ring (bicyclic) bond motifs is 1. The molecule has 0 radical (unpaired) electrons. The predicted molar refractivity (Wildman–Crippen MR) is 81.2 cm³/mol. The minimum Gasteiger partial charge on any atom is -0.486 e. The fourth-order valence-electron chi connectivity index (χ4n) is 2.70. The molecule has 0 N–H and O–H groups in total. The lowest BCUT2D eigenvalue weighted by atomic mass is 10.2. The summed E-state index contributed by atoms with van der Waals surface area (Å²) in [4.78, 5) is 16.1. The molecule has 6 heteroatoms. The Hall–Kier alpha value is -1.79. The van der Waals surface area contributed by atoms with Crippen LogP contribution >= 0.6 is 0 Å². The number of carbonyl (C=O) groups excluding carboxylic acids is 1. The third-order valence-corrected chi connectivity index (χ3v) is 3.83. The van der Waals surface area contributed by atoms with Gasteiger partial charge in [0, 0.05) is 19.6 Å². The van der Waals surface area contributed by atoms with E-state index in [1.807, 2.05) is 35.0 Å². The van der Waals surface area contributed by atoms with Crippen LogP contribution in [0.3, 0.4) is 0 Å². The Kier molecular flexibility index (Phi) is 4.80. The quantitative estimate of drug-likeness (QED) is 0.821. The summed E-state index contributed by atoms with van der Waals surface area (Å²) in [6, 6.07) is 5.94. The van der Waals surface area contributed by atoms with Crippen LogP contribution in [-0.4, -0.2) is 68.8 Å². The zero-order valence-corrected chi connectivity index (χ0v) is 12.9. The summed E-state index contributed by atoms with van der Waals surface area (Å²) in [6.45, 7) is 4.95. The van der Waals surface area contributed by atoms with Gasteiger partial charge in [0.25, 0.3) is 0 Å². The highest BCUT2D eigenvalue weighted by Crippen LogP contribution is 2.30. The van der Waals surface area contributed by atoms with Crippen LogP contribution in [0.5, 0.6) is 11.5 Å². The third kappa shape index (κ3) is 3.69. The molecule has 1 saturated heterocycles. The Morgan fingerprint density at radius 3 is 2.64 bits per heavy atom. The molecule has 1 aromatic rings. The molecule has 0 aliphatic carbocycles. The molecular weight excluding hydrogens is 284 g/mol. The zero-order valence-electron chi connectivity index (χ0n) is 12.9. The number of morpholine rings is 1. The Morgan fingerprint density at radius 1 is 1.14 bits per heavy atom. The maximum Gasteiger partial charge on any atom is 0.236 e. The van der Waals surface area contributed by atoms with E-state index in [4.69, 9.17) is 14.2 Å². The van der Waals surface area contributed by atoms with Gasteiger partial charge in [0.15, 0.2) is 11.5 Å². The molecule has 2 heterocycles. The van der Waals surface area contributed by atoms with Crippen molar-refractivity contribution in [2.24, 2.45) is 0 Å². The van der Waals surface area contributed by atoms with E-state index < -0.39 is 0 Å². The van der Waals surface area contributed by atoms with Crippen molar-refractivity contribution >= 4 is 5.91 Å². The largest absolute Gasteiger partial charge is 0.486 e. The lowest BCUT2D eigenvalue weighted by Crippen LogP contribution is -2.44. The van der Waals surface area contributed by atoms with Gasteiger partial charge in [-0.05, 0) is 24.7 Å². The van der Waals surface area contributed by atoms with Crippen LogP contribution in [0.1, 0.15) is 5.56 Å². The summed E-state index contributed by atoms with van der Waals surface area (Å²) < 4.78 is 16.4. The Labute approximate surface area is 130 Å². The molecular formula is C16H22N2O4. The average molecular weight is 306 g/mol. The fourth-order valence-corrected chi connectivity index (χ4v) is 2.70. The molecule has 1 fully saturated rings. The van der Waals surface area contributed by atoms with Crippen LogP contribution in [0.15, 0.2) is 18.2 Å². The molecule has 0 spiro atoms. The van der Waals surface area contributed by atoms with Crippen LogP contribution in [0.4, 0.5) is 0 Å². The smallest absolute Gasteiger partial charge is 0.236 e. The summed E-state index contributed by atoms with van der Waals surface area (Å²) in [5.41, 5.74) is 1.11. The lowest BCUT2D eigenvalue weighted by molar-refractivity contribution is -0.136. The summed E-state index contributed by atoms with van der Waals surface area (Å²) >= 11 is 0. The number of ether oxygens (including phenoxy) is 3. The van der Waals surface area contributed by atoms with E-state index in [0.29, 0.717) is 52.6 Å². The molecule has 0 saturated carbocycles. The maximum atomic E-state index is 12.2. The highest BCUT2D eigenvalue weighted by atomic mass is 16.6. The number of amides is 1. The normalized spacial score (nSPS) is 17.6. The van der Waals surface area contributed by atoms with Gasteiger partial charge in [-0.1, -0.05) is 6.07 Å². The van der Waals surface area contributed by atoms with E-state index in [9.17, 15) is 4.79 Å². The summed E-state index contributed by atoms with van der Waals surface area (Å²) in [7, 11) is 1.95. The van der Waals surface area contributed by atoms with Gasteiger partial charge in [-0.25, -0.2) is 0 Å². The van der Waals surface area contributed by atoms with E-state index in [-0.39, 0.29) is 5.91 Å². The second kappa shape index (κ2) is 6.98. The second-order valence-corrected chi connectivity index (χ2v) is 5.64. The summed E-state index contributed by atoms with van der Waals surface area (Å²) in [5.74, 6) is 1.74. The van der Waals surface area contributed by atoms with Crippen molar-refractivity contribution in [1.82, 2.24) is 9.80 Å². The third-order valence-electron chi connectivity index (χ3n) is 3.83. The summed E-state index contributed by atoms with van der Waals surface area (Å²) in [5, 5.41) is 0. The van der Waals surface area contributed by atoms with Gasteiger partial charge < -0.3 is 19.1 Å². The first-order chi connectivity index (χ1) is 10.7. The monoisotopic (exact) mass is 306 g/mol. The van der Waals surface area contributed by atoms with Crippen LogP contribution in [0.2, 0.25) is 0 Å². The number of hydrogen-bond donors (Lipinski definition) is 0. The van der Waals surface area contributed by atoms with Gasteiger partial charge in [0.1, 0.15) is 13.2 Å². The Morgan fingerprint density at radius 2 is 1.86 bits per heavy atom. The molecule has 1 aromatic carbocycles. The first-order valence-corrected chi connectivity index (χ1v) is 7.65. The lowest BCUT2D eigenvalue weighted by Gasteiger charge is -2.28. The molecule has 0 bridgehead atoms. The molecule has 0 aromatic heterocycles. The van der Waals surface area contributed by atoms with Crippen molar-refractivity contribution < 1.29 is 19.0 Å². The van der Waals surface area contributed by atoms with Gasteiger partial charge in [0.2, 0.25) is 5.91 Å². The van der Waals surface area contributed by atoms with E-state index in [1.165, 1.54) is 0 Å². The molecule has 2 aliphatic heterocycles. The molecule has 3 rings (SSSR count). The first-order valence-electron chi connectivity index (χ1n) is 7.65. The van der Waals surface area contributed by atoms with Crippen molar-refractivity contribution in [2.75, 3.05) is 53.1 Å². The molecule has 0 atom stereocenters. The zero-order chi connectivity index (χ0) is 15.4. The second-order valence-electron chi connectivity index (χ2n) is 5.64. The van der Waals surface area contributed by atoms with E-state index in [0.717, 1.165) is 17.1 Å². The van der Waals surface area contributed by atoms with Gasteiger partial charge in [0.05, 0.1) is 19.8 Å².